The third-order valence-corrected chi connectivity index (χ3v) is 5.59. The lowest BCUT2D eigenvalue weighted by Gasteiger charge is -2.33. The van der Waals surface area contributed by atoms with Gasteiger partial charge in [0, 0.05) is 32.2 Å². The standard InChI is InChI=1S/C24H34N4O2/c1-4-25-24(26-16-19-9-10-23(30-3)22(29)15-19)27-21-11-13-28(14-12-21)17-20-8-6-5-7-18(20)2/h5-10,15,21,29H,4,11-14,16-17H2,1-3H3,(H2,25,26,27). The van der Waals surface area contributed by atoms with Crippen LogP contribution in [-0.4, -0.2) is 48.8 Å². The average molecular weight is 411 g/mol. The molecule has 1 fully saturated rings. The quantitative estimate of drug-likeness (QED) is 0.482. The molecule has 162 valence electrons. The number of hydrogen-bond donors (Lipinski definition) is 3. The van der Waals surface area contributed by atoms with E-state index in [4.69, 9.17) is 9.73 Å². The second-order valence-corrected chi connectivity index (χ2v) is 7.82. The molecule has 0 aliphatic carbocycles. The van der Waals surface area contributed by atoms with Crippen LogP contribution in [0.4, 0.5) is 0 Å². The van der Waals surface area contributed by atoms with E-state index in [-0.39, 0.29) is 5.75 Å². The number of phenolic OH excluding ortho intramolecular Hbond substituents is 1. The maximum atomic E-state index is 9.96. The fourth-order valence-corrected chi connectivity index (χ4v) is 3.78. The Bertz CT molecular complexity index is 845. The molecular weight excluding hydrogens is 376 g/mol. The molecule has 0 radical (unpaired) electrons. The number of benzene rings is 2. The van der Waals surface area contributed by atoms with Crippen LogP contribution in [0.5, 0.6) is 11.5 Å². The summed E-state index contributed by atoms with van der Waals surface area (Å²) in [5.41, 5.74) is 3.73. The highest BCUT2D eigenvalue weighted by molar-refractivity contribution is 5.80. The summed E-state index contributed by atoms with van der Waals surface area (Å²) in [6.07, 6.45) is 2.19. The molecule has 0 spiro atoms. The zero-order valence-corrected chi connectivity index (χ0v) is 18.3. The van der Waals surface area contributed by atoms with Gasteiger partial charge in [0.25, 0.3) is 0 Å². The van der Waals surface area contributed by atoms with Crippen molar-refractivity contribution in [2.75, 3.05) is 26.7 Å². The predicted molar refractivity (Wildman–Crippen MR) is 122 cm³/mol. The van der Waals surface area contributed by atoms with Gasteiger partial charge in [-0.2, -0.15) is 0 Å². The molecule has 6 nitrogen and oxygen atoms in total. The predicted octanol–water partition coefficient (Wildman–Crippen LogP) is 3.43. The number of rotatable bonds is 7. The van der Waals surface area contributed by atoms with Crippen molar-refractivity contribution in [2.45, 2.75) is 45.8 Å². The number of likely N-dealkylation sites (tertiary alicyclic amines) is 1. The lowest BCUT2D eigenvalue weighted by atomic mass is 10.0. The maximum absolute atomic E-state index is 9.96. The van der Waals surface area contributed by atoms with Gasteiger partial charge < -0.3 is 20.5 Å². The van der Waals surface area contributed by atoms with E-state index in [1.807, 2.05) is 6.07 Å². The van der Waals surface area contributed by atoms with Crippen molar-refractivity contribution in [2.24, 2.45) is 4.99 Å². The van der Waals surface area contributed by atoms with E-state index >= 15 is 0 Å². The van der Waals surface area contributed by atoms with E-state index in [9.17, 15) is 5.11 Å². The lowest BCUT2D eigenvalue weighted by molar-refractivity contribution is 0.198. The van der Waals surface area contributed by atoms with Crippen LogP contribution >= 0.6 is 0 Å². The van der Waals surface area contributed by atoms with Gasteiger partial charge in [0.05, 0.1) is 13.7 Å². The van der Waals surface area contributed by atoms with Gasteiger partial charge in [-0.1, -0.05) is 30.3 Å². The summed E-state index contributed by atoms with van der Waals surface area (Å²) in [5.74, 6) is 1.44. The first-order valence-corrected chi connectivity index (χ1v) is 10.8. The minimum absolute atomic E-state index is 0.143. The fourth-order valence-electron chi connectivity index (χ4n) is 3.78. The van der Waals surface area contributed by atoms with Gasteiger partial charge in [-0.3, -0.25) is 4.90 Å². The summed E-state index contributed by atoms with van der Waals surface area (Å²) in [7, 11) is 1.55. The molecule has 0 bridgehead atoms. The van der Waals surface area contributed by atoms with Crippen molar-refractivity contribution in [1.82, 2.24) is 15.5 Å². The lowest BCUT2D eigenvalue weighted by Crippen LogP contribution is -2.48. The molecule has 3 rings (SSSR count). The van der Waals surface area contributed by atoms with Gasteiger partial charge in [-0.15, -0.1) is 0 Å². The third-order valence-electron chi connectivity index (χ3n) is 5.59. The van der Waals surface area contributed by atoms with Crippen molar-refractivity contribution in [1.29, 1.82) is 0 Å². The highest BCUT2D eigenvalue weighted by atomic mass is 16.5. The number of nitrogens with one attached hydrogen (secondary N) is 2. The Morgan fingerprint density at radius 2 is 1.97 bits per heavy atom. The molecule has 1 heterocycles. The number of nitrogens with zero attached hydrogens (tertiary/aromatic N) is 2. The second-order valence-electron chi connectivity index (χ2n) is 7.82. The van der Waals surface area contributed by atoms with Crippen LogP contribution in [0.3, 0.4) is 0 Å². The first kappa shape index (κ1) is 22.0. The van der Waals surface area contributed by atoms with Crippen LogP contribution in [0, 0.1) is 6.92 Å². The molecule has 0 atom stereocenters. The Morgan fingerprint density at radius 3 is 2.63 bits per heavy atom. The number of ether oxygens (including phenoxy) is 1. The van der Waals surface area contributed by atoms with E-state index in [2.05, 4.69) is 53.6 Å². The zero-order chi connectivity index (χ0) is 21.3. The van der Waals surface area contributed by atoms with E-state index in [1.54, 1.807) is 19.2 Å². The van der Waals surface area contributed by atoms with Crippen LogP contribution in [0.1, 0.15) is 36.5 Å². The molecule has 0 aromatic heterocycles. The number of aliphatic imine (C=N–C) groups is 1. The van der Waals surface area contributed by atoms with Crippen LogP contribution in [0.2, 0.25) is 0 Å². The molecule has 0 amide bonds. The largest absolute Gasteiger partial charge is 0.504 e. The number of methoxy groups -OCH3 is 1. The summed E-state index contributed by atoms with van der Waals surface area (Å²) >= 11 is 0. The fraction of sp³-hybridized carbons (Fsp3) is 0.458. The molecule has 0 unspecified atom stereocenters. The first-order chi connectivity index (χ1) is 14.6. The van der Waals surface area contributed by atoms with Crippen molar-refractivity contribution in [3.63, 3.8) is 0 Å². The summed E-state index contributed by atoms with van der Waals surface area (Å²) in [4.78, 5) is 7.23. The van der Waals surface area contributed by atoms with Gasteiger partial charge in [0.2, 0.25) is 0 Å². The van der Waals surface area contributed by atoms with Crippen molar-refractivity contribution >= 4 is 5.96 Å². The van der Waals surface area contributed by atoms with Gasteiger partial charge >= 0.3 is 0 Å². The molecule has 3 N–H and O–H groups in total. The molecular formula is C24H34N4O2. The normalized spacial score (nSPS) is 15.8. The van der Waals surface area contributed by atoms with E-state index < -0.39 is 0 Å². The van der Waals surface area contributed by atoms with E-state index in [0.717, 1.165) is 50.5 Å². The van der Waals surface area contributed by atoms with Crippen LogP contribution in [0.25, 0.3) is 0 Å². The van der Waals surface area contributed by atoms with Crippen LogP contribution in [0.15, 0.2) is 47.5 Å². The second kappa shape index (κ2) is 10.9. The zero-order valence-electron chi connectivity index (χ0n) is 18.3. The molecule has 6 heteroatoms. The number of aryl methyl sites for hydroxylation is 1. The Hall–Kier alpha value is -2.73. The van der Waals surface area contributed by atoms with E-state index in [0.29, 0.717) is 18.3 Å². The minimum Gasteiger partial charge on any atom is -0.504 e. The molecule has 1 aliphatic rings. The molecule has 2 aromatic rings. The molecule has 1 aliphatic heterocycles. The molecule has 2 aromatic carbocycles. The third kappa shape index (κ3) is 6.13. The number of aromatic hydroxyl groups is 1. The summed E-state index contributed by atoms with van der Waals surface area (Å²) in [6, 6.07) is 14.5. The minimum atomic E-state index is 0.143. The number of guanidine groups is 1. The van der Waals surface area contributed by atoms with Crippen molar-refractivity contribution in [3.8, 4) is 11.5 Å². The topological polar surface area (TPSA) is 69.1 Å². The van der Waals surface area contributed by atoms with Crippen molar-refractivity contribution in [3.05, 3.63) is 59.2 Å². The van der Waals surface area contributed by atoms with Crippen molar-refractivity contribution < 1.29 is 9.84 Å². The SMILES string of the molecule is CCNC(=NCc1ccc(OC)c(O)c1)NC1CCN(Cc2ccccc2C)CC1. The Balaban J connectivity index is 1.52. The van der Waals surface area contributed by atoms with E-state index in [1.165, 1.54) is 11.1 Å². The number of hydrogen-bond acceptors (Lipinski definition) is 4. The Morgan fingerprint density at radius 1 is 1.20 bits per heavy atom. The van der Waals surface area contributed by atoms with Crippen LogP contribution < -0.4 is 15.4 Å². The number of piperidine rings is 1. The van der Waals surface area contributed by atoms with Gasteiger partial charge in [0.15, 0.2) is 17.5 Å². The number of phenols is 1. The average Bonchev–Trinajstić information content (AvgIpc) is 2.75. The van der Waals surface area contributed by atoms with Gasteiger partial charge in [-0.25, -0.2) is 4.99 Å². The van der Waals surface area contributed by atoms with Gasteiger partial charge in [-0.05, 0) is 55.5 Å². The monoisotopic (exact) mass is 410 g/mol. The maximum Gasteiger partial charge on any atom is 0.191 e. The highest BCUT2D eigenvalue weighted by Crippen LogP contribution is 2.26. The summed E-state index contributed by atoms with van der Waals surface area (Å²) < 4.78 is 5.10. The molecule has 30 heavy (non-hydrogen) atoms. The van der Waals surface area contributed by atoms with Gasteiger partial charge in [0.1, 0.15) is 0 Å². The Labute approximate surface area is 180 Å². The smallest absolute Gasteiger partial charge is 0.191 e. The van der Waals surface area contributed by atoms with Crippen LogP contribution in [-0.2, 0) is 13.1 Å². The first-order valence-electron chi connectivity index (χ1n) is 10.8. The summed E-state index contributed by atoms with van der Waals surface area (Å²) in [6.45, 7) is 8.75. The summed E-state index contributed by atoms with van der Waals surface area (Å²) in [5, 5.41) is 16.9. The Kier molecular flexibility index (Phi) is 7.97. The highest BCUT2D eigenvalue weighted by Gasteiger charge is 2.20. The molecule has 1 saturated heterocycles. The molecule has 0 saturated carbocycles.